The molecule has 0 radical (unpaired) electrons. The Morgan fingerprint density at radius 2 is 1.94 bits per heavy atom. The molecule has 1 rings (SSSR count). The minimum absolute atomic E-state index is 0.138. The summed E-state index contributed by atoms with van der Waals surface area (Å²) in [6.07, 6.45) is 7.30. The standard InChI is InChI=1S/C13H25NOS/c1-13(2,10-14-12(15)8-9-16)11-6-4-3-5-7-11/h11,16H,3-10H2,1-2H3,(H,14,15). The lowest BCUT2D eigenvalue weighted by Crippen LogP contribution is -2.39. The van der Waals surface area contributed by atoms with Crippen LogP contribution in [-0.4, -0.2) is 18.2 Å². The fourth-order valence-corrected chi connectivity index (χ4v) is 2.75. The minimum atomic E-state index is 0.138. The normalized spacial score (nSPS) is 18.4. The highest BCUT2D eigenvalue weighted by Gasteiger charge is 2.30. The van der Waals surface area contributed by atoms with E-state index in [1.807, 2.05) is 0 Å². The van der Waals surface area contributed by atoms with Crippen molar-refractivity contribution in [2.45, 2.75) is 52.4 Å². The van der Waals surface area contributed by atoms with Crippen molar-refractivity contribution in [1.82, 2.24) is 5.32 Å². The third kappa shape index (κ3) is 4.36. The average Bonchev–Trinajstić information content (AvgIpc) is 2.28. The van der Waals surface area contributed by atoms with E-state index in [1.165, 1.54) is 32.1 Å². The Labute approximate surface area is 105 Å². The number of hydrogen-bond acceptors (Lipinski definition) is 2. The topological polar surface area (TPSA) is 29.1 Å². The minimum Gasteiger partial charge on any atom is -0.356 e. The Morgan fingerprint density at radius 3 is 2.50 bits per heavy atom. The Hall–Kier alpha value is -0.180. The third-order valence-corrected chi connectivity index (χ3v) is 4.01. The van der Waals surface area contributed by atoms with Crippen LogP contribution in [0.25, 0.3) is 0 Å². The van der Waals surface area contributed by atoms with Gasteiger partial charge < -0.3 is 5.32 Å². The summed E-state index contributed by atoms with van der Waals surface area (Å²) in [5.74, 6) is 1.55. The molecule has 1 N–H and O–H groups in total. The first-order valence-electron chi connectivity index (χ1n) is 6.44. The molecule has 1 aliphatic carbocycles. The van der Waals surface area contributed by atoms with Gasteiger partial charge in [-0.2, -0.15) is 12.6 Å². The summed E-state index contributed by atoms with van der Waals surface area (Å²) in [5, 5.41) is 3.03. The van der Waals surface area contributed by atoms with E-state index >= 15 is 0 Å². The van der Waals surface area contributed by atoms with E-state index in [1.54, 1.807) is 0 Å². The quantitative estimate of drug-likeness (QED) is 0.714. The van der Waals surface area contributed by atoms with Crippen molar-refractivity contribution in [2.75, 3.05) is 12.3 Å². The van der Waals surface area contributed by atoms with Crippen LogP contribution in [0.3, 0.4) is 0 Å². The van der Waals surface area contributed by atoms with Crippen LogP contribution >= 0.6 is 12.6 Å². The lowest BCUT2D eigenvalue weighted by molar-refractivity contribution is -0.121. The van der Waals surface area contributed by atoms with Gasteiger partial charge in [0.2, 0.25) is 5.91 Å². The van der Waals surface area contributed by atoms with Gasteiger partial charge >= 0.3 is 0 Å². The molecule has 0 aromatic heterocycles. The summed E-state index contributed by atoms with van der Waals surface area (Å²) >= 11 is 4.07. The summed E-state index contributed by atoms with van der Waals surface area (Å²) in [4.78, 5) is 11.4. The van der Waals surface area contributed by atoms with E-state index in [0.717, 1.165) is 12.5 Å². The van der Waals surface area contributed by atoms with Crippen molar-refractivity contribution in [3.8, 4) is 0 Å². The predicted molar refractivity (Wildman–Crippen MR) is 71.8 cm³/mol. The van der Waals surface area contributed by atoms with Gasteiger partial charge in [0.15, 0.2) is 0 Å². The van der Waals surface area contributed by atoms with Gasteiger partial charge in [-0.15, -0.1) is 0 Å². The average molecular weight is 243 g/mol. The second kappa shape index (κ2) is 6.53. The van der Waals surface area contributed by atoms with Crippen LogP contribution in [0, 0.1) is 11.3 Å². The summed E-state index contributed by atoms with van der Waals surface area (Å²) in [5.41, 5.74) is 0.243. The van der Waals surface area contributed by atoms with E-state index in [4.69, 9.17) is 0 Å². The maximum Gasteiger partial charge on any atom is 0.220 e. The first-order chi connectivity index (χ1) is 7.56. The van der Waals surface area contributed by atoms with E-state index in [2.05, 4.69) is 31.8 Å². The Morgan fingerprint density at radius 1 is 1.31 bits per heavy atom. The van der Waals surface area contributed by atoms with Crippen molar-refractivity contribution in [3.63, 3.8) is 0 Å². The fourth-order valence-electron chi connectivity index (χ4n) is 2.54. The molecule has 94 valence electrons. The number of carbonyl (C=O) groups excluding carboxylic acids is 1. The highest BCUT2D eigenvalue weighted by atomic mass is 32.1. The fraction of sp³-hybridized carbons (Fsp3) is 0.923. The Balaban J connectivity index is 2.34. The van der Waals surface area contributed by atoms with Gasteiger partial charge in [-0.25, -0.2) is 0 Å². The summed E-state index contributed by atoms with van der Waals surface area (Å²) < 4.78 is 0. The molecule has 3 heteroatoms. The van der Waals surface area contributed by atoms with Gasteiger partial charge in [0.05, 0.1) is 0 Å². The van der Waals surface area contributed by atoms with E-state index in [-0.39, 0.29) is 11.3 Å². The SMILES string of the molecule is CC(C)(CNC(=O)CCS)C1CCCCC1. The molecule has 0 spiro atoms. The van der Waals surface area contributed by atoms with Crippen molar-refractivity contribution in [1.29, 1.82) is 0 Å². The summed E-state index contributed by atoms with van der Waals surface area (Å²) in [7, 11) is 0. The lowest BCUT2D eigenvalue weighted by atomic mass is 9.71. The van der Waals surface area contributed by atoms with Gasteiger partial charge in [-0.3, -0.25) is 4.79 Å². The number of carbonyl (C=O) groups is 1. The van der Waals surface area contributed by atoms with Crippen LogP contribution in [0.4, 0.5) is 0 Å². The lowest BCUT2D eigenvalue weighted by Gasteiger charge is -2.37. The maximum atomic E-state index is 11.4. The molecule has 1 aliphatic rings. The van der Waals surface area contributed by atoms with Crippen LogP contribution in [-0.2, 0) is 4.79 Å². The largest absolute Gasteiger partial charge is 0.356 e. The molecule has 0 heterocycles. The van der Waals surface area contributed by atoms with Crippen LogP contribution in [0.1, 0.15) is 52.4 Å². The van der Waals surface area contributed by atoms with E-state index in [9.17, 15) is 4.79 Å². The number of thiol groups is 1. The molecule has 0 aromatic carbocycles. The van der Waals surface area contributed by atoms with Gasteiger partial charge in [0.25, 0.3) is 0 Å². The third-order valence-electron chi connectivity index (χ3n) is 3.79. The van der Waals surface area contributed by atoms with Crippen LogP contribution in [0.15, 0.2) is 0 Å². The van der Waals surface area contributed by atoms with Gasteiger partial charge in [0, 0.05) is 13.0 Å². The number of hydrogen-bond donors (Lipinski definition) is 2. The van der Waals surface area contributed by atoms with Crippen LogP contribution in [0.2, 0.25) is 0 Å². The molecule has 1 saturated carbocycles. The smallest absolute Gasteiger partial charge is 0.220 e. The number of rotatable bonds is 5. The van der Waals surface area contributed by atoms with Crippen molar-refractivity contribution >= 4 is 18.5 Å². The molecule has 2 nitrogen and oxygen atoms in total. The first-order valence-corrected chi connectivity index (χ1v) is 7.07. The zero-order valence-corrected chi connectivity index (χ0v) is 11.5. The maximum absolute atomic E-state index is 11.4. The number of nitrogens with one attached hydrogen (secondary N) is 1. The zero-order chi connectivity index (χ0) is 12.0. The van der Waals surface area contributed by atoms with Crippen LogP contribution in [0.5, 0.6) is 0 Å². The molecule has 0 bridgehead atoms. The molecular formula is C13H25NOS. The molecule has 1 amide bonds. The van der Waals surface area contributed by atoms with Crippen molar-refractivity contribution in [2.24, 2.45) is 11.3 Å². The van der Waals surface area contributed by atoms with E-state index in [0.29, 0.717) is 12.2 Å². The second-order valence-electron chi connectivity index (χ2n) is 5.57. The highest BCUT2D eigenvalue weighted by molar-refractivity contribution is 7.80. The predicted octanol–water partition coefficient (Wildman–Crippen LogP) is 3.03. The van der Waals surface area contributed by atoms with Gasteiger partial charge in [0.1, 0.15) is 0 Å². The molecule has 0 unspecified atom stereocenters. The molecule has 0 atom stereocenters. The van der Waals surface area contributed by atoms with Crippen molar-refractivity contribution in [3.05, 3.63) is 0 Å². The highest BCUT2D eigenvalue weighted by Crippen LogP contribution is 2.37. The Bertz CT molecular complexity index is 222. The molecular weight excluding hydrogens is 218 g/mol. The monoisotopic (exact) mass is 243 g/mol. The Kier molecular flexibility index (Phi) is 5.67. The van der Waals surface area contributed by atoms with E-state index < -0.39 is 0 Å². The van der Waals surface area contributed by atoms with Crippen LogP contribution < -0.4 is 5.32 Å². The van der Waals surface area contributed by atoms with Gasteiger partial charge in [-0.1, -0.05) is 33.1 Å². The molecule has 0 saturated heterocycles. The zero-order valence-electron chi connectivity index (χ0n) is 10.6. The summed E-state index contributed by atoms with van der Waals surface area (Å²) in [6.45, 7) is 5.37. The first kappa shape index (κ1) is 13.9. The summed E-state index contributed by atoms with van der Waals surface area (Å²) in [6, 6.07) is 0. The van der Waals surface area contributed by atoms with Crippen molar-refractivity contribution < 1.29 is 4.79 Å². The molecule has 0 aromatic rings. The van der Waals surface area contributed by atoms with Gasteiger partial charge in [-0.05, 0) is 29.9 Å². The molecule has 1 fully saturated rings. The molecule has 16 heavy (non-hydrogen) atoms. The molecule has 0 aliphatic heterocycles. The number of amides is 1. The second-order valence-corrected chi connectivity index (χ2v) is 6.02.